The molecule has 0 aliphatic heterocycles. The molecule has 0 rings (SSSR count). The lowest BCUT2D eigenvalue weighted by molar-refractivity contribution is -0.128. The lowest BCUT2D eigenvalue weighted by atomic mass is 10.0. The van der Waals surface area contributed by atoms with Gasteiger partial charge >= 0.3 is 0 Å². The Morgan fingerprint density at radius 3 is 2.35 bits per heavy atom. The number of carbonyl (C=O) groups excluding carboxylic acids is 2. The Hall–Kier alpha value is -1.02. The highest BCUT2D eigenvalue weighted by molar-refractivity contribution is 5.77. The second-order valence-corrected chi connectivity index (χ2v) is 3.78. The van der Waals surface area contributed by atoms with Crippen molar-refractivity contribution in [2.45, 2.75) is 44.1 Å². The van der Waals surface area contributed by atoms with Crippen molar-refractivity contribution >= 4 is 12.2 Å². The van der Waals surface area contributed by atoms with Crippen molar-refractivity contribution in [3.63, 3.8) is 0 Å². The monoisotopic (exact) mass is 249 g/mol. The summed E-state index contributed by atoms with van der Waals surface area (Å²) in [6.07, 6.45) is -3.84. The Balaban J connectivity index is 4.48. The Kier molecular flexibility index (Phi) is 7.64. The number of aliphatic hydroxyl groups excluding tert-OH is 4. The second kappa shape index (κ2) is 8.13. The van der Waals surface area contributed by atoms with Gasteiger partial charge in [0.1, 0.15) is 12.2 Å². The Morgan fingerprint density at radius 2 is 1.94 bits per heavy atom. The molecular formula is C10H19NO6. The largest absolute Gasteiger partial charge is 0.396 e. The van der Waals surface area contributed by atoms with Crippen LogP contribution in [0.15, 0.2) is 0 Å². The number of rotatable bonds is 8. The molecule has 0 aromatic rings. The fourth-order valence-corrected chi connectivity index (χ4v) is 1.26. The van der Waals surface area contributed by atoms with Crippen molar-refractivity contribution in [2.75, 3.05) is 6.61 Å². The summed E-state index contributed by atoms with van der Waals surface area (Å²) in [6, 6.07) is -1.27. The molecule has 0 spiro atoms. The predicted octanol–water partition coefficient (Wildman–Crippen LogP) is -2.45. The number of hydrogen-bond donors (Lipinski definition) is 5. The van der Waals surface area contributed by atoms with Gasteiger partial charge < -0.3 is 30.5 Å². The molecule has 5 N–H and O–H groups in total. The van der Waals surface area contributed by atoms with Crippen LogP contribution >= 0.6 is 0 Å². The van der Waals surface area contributed by atoms with Crippen LogP contribution in [0.4, 0.5) is 0 Å². The summed E-state index contributed by atoms with van der Waals surface area (Å²) in [6.45, 7) is 1.11. The lowest BCUT2D eigenvalue weighted by Gasteiger charge is -2.27. The van der Waals surface area contributed by atoms with Gasteiger partial charge in [-0.2, -0.15) is 0 Å². The normalized spacial score (nSPS) is 17.9. The van der Waals surface area contributed by atoms with Gasteiger partial charge in [-0.25, -0.2) is 0 Å². The third kappa shape index (κ3) is 5.73. The fourth-order valence-electron chi connectivity index (χ4n) is 1.26. The van der Waals surface area contributed by atoms with E-state index < -0.39 is 30.3 Å². The van der Waals surface area contributed by atoms with E-state index in [1.165, 1.54) is 6.92 Å². The van der Waals surface area contributed by atoms with Gasteiger partial charge in [-0.1, -0.05) is 0 Å². The molecule has 0 aromatic heterocycles. The SMILES string of the molecule is C[C@@H](O)[C@@H](O)[C@H](NC(=O)CCCO)[C@@H](O)C=O. The first kappa shape index (κ1) is 16.0. The van der Waals surface area contributed by atoms with E-state index in [-0.39, 0.29) is 25.7 Å². The zero-order valence-electron chi connectivity index (χ0n) is 9.61. The number of nitrogens with one attached hydrogen (secondary N) is 1. The Labute approximate surface area is 99.1 Å². The molecule has 7 nitrogen and oxygen atoms in total. The molecule has 0 bridgehead atoms. The zero-order valence-corrected chi connectivity index (χ0v) is 9.61. The molecule has 0 saturated heterocycles. The van der Waals surface area contributed by atoms with Crippen LogP contribution in [-0.4, -0.2) is 63.6 Å². The summed E-state index contributed by atoms with van der Waals surface area (Å²) in [5.74, 6) is -0.523. The van der Waals surface area contributed by atoms with E-state index in [1.807, 2.05) is 0 Å². The molecule has 0 heterocycles. The molecule has 17 heavy (non-hydrogen) atoms. The van der Waals surface area contributed by atoms with Crippen molar-refractivity contribution < 1.29 is 30.0 Å². The van der Waals surface area contributed by atoms with Gasteiger partial charge in [-0.05, 0) is 13.3 Å². The van der Waals surface area contributed by atoms with E-state index in [9.17, 15) is 19.8 Å². The molecule has 0 aliphatic carbocycles. The fraction of sp³-hybridized carbons (Fsp3) is 0.800. The third-order valence-corrected chi connectivity index (χ3v) is 2.26. The average Bonchev–Trinajstić information content (AvgIpc) is 2.31. The van der Waals surface area contributed by atoms with Gasteiger partial charge in [0.15, 0.2) is 6.29 Å². The van der Waals surface area contributed by atoms with Gasteiger partial charge in [0.25, 0.3) is 0 Å². The highest BCUT2D eigenvalue weighted by Crippen LogP contribution is 2.04. The Bertz CT molecular complexity index is 245. The molecule has 0 unspecified atom stereocenters. The molecule has 0 aromatic carbocycles. The number of amides is 1. The molecule has 4 atom stereocenters. The average molecular weight is 249 g/mol. The summed E-state index contributed by atoms with van der Waals surface area (Å²) >= 11 is 0. The molecule has 7 heteroatoms. The van der Waals surface area contributed by atoms with E-state index in [1.54, 1.807) is 0 Å². The zero-order chi connectivity index (χ0) is 13.4. The topological polar surface area (TPSA) is 127 Å². The van der Waals surface area contributed by atoms with Crippen molar-refractivity contribution in [3.05, 3.63) is 0 Å². The summed E-state index contributed by atoms with van der Waals surface area (Å²) < 4.78 is 0. The number of aliphatic hydroxyl groups is 4. The van der Waals surface area contributed by atoms with Crippen LogP contribution in [-0.2, 0) is 9.59 Å². The van der Waals surface area contributed by atoms with E-state index in [4.69, 9.17) is 10.2 Å². The molecule has 1 amide bonds. The molecule has 0 fully saturated rings. The van der Waals surface area contributed by atoms with Crippen molar-refractivity contribution in [1.82, 2.24) is 5.32 Å². The minimum Gasteiger partial charge on any atom is -0.396 e. The van der Waals surface area contributed by atoms with Crippen LogP contribution in [0.25, 0.3) is 0 Å². The second-order valence-electron chi connectivity index (χ2n) is 3.78. The minimum atomic E-state index is -1.60. The van der Waals surface area contributed by atoms with Crippen LogP contribution < -0.4 is 5.32 Å². The van der Waals surface area contributed by atoms with Crippen LogP contribution in [0.2, 0.25) is 0 Å². The van der Waals surface area contributed by atoms with Crippen LogP contribution in [0.3, 0.4) is 0 Å². The highest BCUT2D eigenvalue weighted by Gasteiger charge is 2.31. The van der Waals surface area contributed by atoms with Gasteiger partial charge in [-0.15, -0.1) is 0 Å². The first-order valence-corrected chi connectivity index (χ1v) is 5.33. The number of carbonyl (C=O) groups is 2. The van der Waals surface area contributed by atoms with E-state index in [0.29, 0.717) is 0 Å². The molecule has 0 aliphatic rings. The standard InChI is InChI=1S/C10H19NO6/c1-6(14)10(17)9(7(15)5-13)11-8(16)3-2-4-12/h5-7,9-10,12,14-15,17H,2-4H2,1H3,(H,11,16)/t6-,7+,9-,10-/m1/s1. The van der Waals surface area contributed by atoms with Crippen molar-refractivity contribution in [3.8, 4) is 0 Å². The van der Waals surface area contributed by atoms with Gasteiger partial charge in [0, 0.05) is 13.0 Å². The van der Waals surface area contributed by atoms with Gasteiger partial charge in [-0.3, -0.25) is 4.79 Å². The molecule has 100 valence electrons. The molecule has 0 saturated carbocycles. The van der Waals surface area contributed by atoms with Crippen molar-refractivity contribution in [2.24, 2.45) is 0 Å². The molecule has 0 radical (unpaired) electrons. The first-order chi connectivity index (χ1) is 7.93. The highest BCUT2D eigenvalue weighted by atomic mass is 16.3. The van der Waals surface area contributed by atoms with Crippen LogP contribution in [0.1, 0.15) is 19.8 Å². The van der Waals surface area contributed by atoms with Crippen molar-refractivity contribution in [1.29, 1.82) is 0 Å². The number of hydrogen-bond acceptors (Lipinski definition) is 6. The summed E-state index contributed by atoms with van der Waals surface area (Å²) in [5, 5.41) is 38.8. The smallest absolute Gasteiger partial charge is 0.220 e. The summed E-state index contributed by atoms with van der Waals surface area (Å²) in [4.78, 5) is 21.8. The van der Waals surface area contributed by atoms with Crippen LogP contribution in [0.5, 0.6) is 0 Å². The first-order valence-electron chi connectivity index (χ1n) is 5.33. The molecular weight excluding hydrogens is 230 g/mol. The van der Waals surface area contributed by atoms with E-state index in [2.05, 4.69) is 5.32 Å². The van der Waals surface area contributed by atoms with E-state index in [0.717, 1.165) is 0 Å². The van der Waals surface area contributed by atoms with Gasteiger partial charge in [0.05, 0.1) is 12.1 Å². The third-order valence-electron chi connectivity index (χ3n) is 2.26. The van der Waals surface area contributed by atoms with E-state index >= 15 is 0 Å². The summed E-state index contributed by atoms with van der Waals surface area (Å²) in [5.41, 5.74) is 0. The maximum atomic E-state index is 11.3. The van der Waals surface area contributed by atoms with Crippen LogP contribution in [0, 0.1) is 0 Å². The lowest BCUT2D eigenvalue weighted by Crippen LogP contribution is -2.54. The summed E-state index contributed by atoms with van der Waals surface area (Å²) in [7, 11) is 0. The number of aldehydes is 1. The quantitative estimate of drug-likeness (QED) is 0.304. The Morgan fingerprint density at radius 1 is 1.35 bits per heavy atom. The minimum absolute atomic E-state index is 0.00507. The maximum Gasteiger partial charge on any atom is 0.220 e. The van der Waals surface area contributed by atoms with Gasteiger partial charge in [0.2, 0.25) is 5.91 Å². The maximum absolute atomic E-state index is 11.3. The predicted molar refractivity (Wildman–Crippen MR) is 58.0 cm³/mol.